The van der Waals surface area contributed by atoms with E-state index in [-0.39, 0.29) is 5.78 Å². The Morgan fingerprint density at radius 3 is 2.18 bits per heavy atom. The van der Waals surface area contributed by atoms with Crippen molar-refractivity contribution >= 4 is 5.78 Å². The maximum Gasteiger partial charge on any atom is 0.152 e. The third-order valence-electron chi connectivity index (χ3n) is 1.00. The molecule has 0 aliphatic rings. The maximum absolute atomic E-state index is 10.4. The van der Waals surface area contributed by atoms with Gasteiger partial charge in [0.15, 0.2) is 5.78 Å². The van der Waals surface area contributed by atoms with Crippen LogP contribution in [0.5, 0.6) is 0 Å². The van der Waals surface area contributed by atoms with Crippen LogP contribution in [0.1, 0.15) is 13.8 Å². The molecule has 1 N–H and O–H groups in total. The van der Waals surface area contributed by atoms with Crippen molar-refractivity contribution in [2.45, 2.75) is 13.8 Å². The summed E-state index contributed by atoms with van der Waals surface area (Å²) in [4.78, 5) is 10.4. The van der Waals surface area contributed by atoms with Gasteiger partial charge in [-0.05, 0) is 25.5 Å². The molecule has 0 aliphatic carbocycles. The molecule has 0 saturated heterocycles. The van der Waals surface area contributed by atoms with E-state index in [2.05, 4.69) is 0 Å². The second kappa shape index (κ2) is 5.47. The van der Waals surface area contributed by atoms with Crippen LogP contribution in [0.3, 0.4) is 0 Å². The van der Waals surface area contributed by atoms with Crippen molar-refractivity contribution in [3.8, 4) is 0 Å². The van der Waals surface area contributed by atoms with Gasteiger partial charge in [0.25, 0.3) is 0 Å². The molecule has 0 aliphatic heterocycles. The predicted molar refractivity (Wildman–Crippen MR) is 45.3 cm³/mol. The zero-order valence-corrected chi connectivity index (χ0v) is 6.74. The first-order valence-corrected chi connectivity index (χ1v) is 3.33. The Bertz CT molecular complexity index is 210. The number of aliphatic hydroxyl groups excluding tert-OH is 1. The lowest BCUT2D eigenvalue weighted by Crippen LogP contribution is -1.77. The molecule has 0 aromatic rings. The monoisotopic (exact) mass is 152 g/mol. The molecule has 0 spiro atoms. The van der Waals surface area contributed by atoms with Crippen molar-refractivity contribution in [3.05, 3.63) is 36.1 Å². The molecule has 11 heavy (non-hydrogen) atoms. The van der Waals surface area contributed by atoms with E-state index in [0.717, 1.165) is 11.8 Å². The van der Waals surface area contributed by atoms with Crippen molar-refractivity contribution in [2.75, 3.05) is 0 Å². The van der Waals surface area contributed by atoms with E-state index in [9.17, 15) is 4.79 Å². The highest BCUT2D eigenvalue weighted by Gasteiger charge is 1.78. The summed E-state index contributed by atoms with van der Waals surface area (Å²) in [6, 6.07) is 0. The highest BCUT2D eigenvalue weighted by molar-refractivity contribution is 5.87. The van der Waals surface area contributed by atoms with Crippen LogP contribution in [0.4, 0.5) is 0 Å². The van der Waals surface area contributed by atoms with Crippen LogP contribution in [-0.2, 0) is 4.79 Å². The number of carbonyl (C=O) groups is 1. The van der Waals surface area contributed by atoms with Gasteiger partial charge in [0.2, 0.25) is 0 Å². The third-order valence-corrected chi connectivity index (χ3v) is 1.00. The van der Waals surface area contributed by atoms with E-state index in [1.807, 2.05) is 0 Å². The number of allylic oxidation sites excluding steroid dienone is 5. The second-order valence-corrected chi connectivity index (χ2v) is 2.20. The molecule has 0 heterocycles. The van der Waals surface area contributed by atoms with Crippen LogP contribution in [0, 0.1) is 0 Å². The Hall–Kier alpha value is -1.31. The average Bonchev–Trinajstić information content (AvgIpc) is 1.97. The largest absolute Gasteiger partial charge is 0.515 e. The molecular formula is C9H12O2. The van der Waals surface area contributed by atoms with Crippen LogP contribution >= 0.6 is 0 Å². The summed E-state index contributed by atoms with van der Waals surface area (Å²) in [6.07, 6.45) is 7.51. The van der Waals surface area contributed by atoms with E-state index in [4.69, 9.17) is 5.11 Å². The fourth-order valence-electron chi connectivity index (χ4n) is 0.441. The molecule has 0 rings (SSSR count). The smallest absolute Gasteiger partial charge is 0.152 e. The molecule has 0 saturated carbocycles. The number of rotatable bonds is 3. The van der Waals surface area contributed by atoms with Gasteiger partial charge in [0, 0.05) is 0 Å². The summed E-state index contributed by atoms with van der Waals surface area (Å²) in [5, 5.41) is 8.44. The van der Waals surface area contributed by atoms with Crippen molar-refractivity contribution in [3.63, 3.8) is 0 Å². The Morgan fingerprint density at radius 2 is 1.73 bits per heavy atom. The second-order valence-electron chi connectivity index (χ2n) is 2.20. The van der Waals surface area contributed by atoms with Crippen molar-refractivity contribution in [1.29, 1.82) is 0 Å². The lowest BCUT2D eigenvalue weighted by molar-refractivity contribution is -0.112. The molecular weight excluding hydrogens is 140 g/mol. The highest BCUT2D eigenvalue weighted by Crippen LogP contribution is 1.92. The normalized spacial score (nSPS) is 13.1. The van der Waals surface area contributed by atoms with Gasteiger partial charge in [0.05, 0.1) is 6.26 Å². The number of hydrogen-bond donors (Lipinski definition) is 1. The van der Waals surface area contributed by atoms with Crippen molar-refractivity contribution in [1.82, 2.24) is 0 Å². The van der Waals surface area contributed by atoms with Gasteiger partial charge < -0.3 is 5.11 Å². The molecule has 0 radical (unpaired) electrons. The van der Waals surface area contributed by atoms with Gasteiger partial charge >= 0.3 is 0 Å². The Balaban J connectivity index is 3.87. The van der Waals surface area contributed by atoms with Crippen LogP contribution in [-0.4, -0.2) is 10.9 Å². The van der Waals surface area contributed by atoms with Crippen molar-refractivity contribution < 1.29 is 9.90 Å². The van der Waals surface area contributed by atoms with Gasteiger partial charge in [0.1, 0.15) is 0 Å². The fourth-order valence-corrected chi connectivity index (χ4v) is 0.441. The molecule has 0 atom stereocenters. The van der Waals surface area contributed by atoms with E-state index in [0.29, 0.717) is 0 Å². The van der Waals surface area contributed by atoms with E-state index < -0.39 is 0 Å². The van der Waals surface area contributed by atoms with Crippen LogP contribution in [0.25, 0.3) is 0 Å². The molecule has 0 aromatic carbocycles. The van der Waals surface area contributed by atoms with Gasteiger partial charge in [-0.15, -0.1) is 0 Å². The zero-order valence-electron chi connectivity index (χ0n) is 6.74. The number of carbonyl (C=O) groups excluding carboxylic acids is 1. The zero-order chi connectivity index (χ0) is 8.69. The highest BCUT2D eigenvalue weighted by atomic mass is 16.2. The third kappa shape index (κ3) is 6.58. The number of aliphatic hydroxyl groups is 1. The molecule has 0 amide bonds. The summed E-state index contributed by atoms with van der Waals surface area (Å²) in [7, 11) is 0. The fraction of sp³-hybridized carbons (Fsp3) is 0.222. The Kier molecular flexibility index (Phi) is 4.82. The topological polar surface area (TPSA) is 37.3 Å². The molecule has 0 unspecified atom stereocenters. The average molecular weight is 152 g/mol. The summed E-state index contributed by atoms with van der Waals surface area (Å²) >= 11 is 0. The molecule has 2 nitrogen and oxygen atoms in total. The minimum Gasteiger partial charge on any atom is -0.515 e. The van der Waals surface area contributed by atoms with E-state index in [1.165, 1.54) is 13.0 Å². The summed E-state index contributed by atoms with van der Waals surface area (Å²) in [5.74, 6) is 0.0141. The lowest BCUT2D eigenvalue weighted by atomic mass is 10.3. The van der Waals surface area contributed by atoms with E-state index >= 15 is 0 Å². The van der Waals surface area contributed by atoms with Gasteiger partial charge in [-0.3, -0.25) is 4.79 Å². The molecule has 0 aromatic heterocycles. The Labute approximate surface area is 66.5 Å². The molecule has 0 fully saturated rings. The molecule has 60 valence electrons. The molecule has 2 heteroatoms. The molecule has 0 bridgehead atoms. The maximum atomic E-state index is 10.4. The first kappa shape index (κ1) is 9.69. The first-order valence-electron chi connectivity index (χ1n) is 3.33. The van der Waals surface area contributed by atoms with Gasteiger partial charge in [-0.2, -0.15) is 0 Å². The Morgan fingerprint density at radius 1 is 1.18 bits per heavy atom. The summed E-state index contributed by atoms with van der Waals surface area (Å²) < 4.78 is 0. The standard InChI is InChI=1S/C9H12O2/c1-8(7-10)5-3-4-6-9(2)11/h3-7,10H,1-2H3/b5-3-,6-4+,8-7+. The number of hydrogen-bond acceptors (Lipinski definition) is 2. The number of ketones is 1. The SMILES string of the molecule is CC(=O)/C=C/C=C\C(C)=C\O. The quantitative estimate of drug-likeness (QED) is 0.382. The van der Waals surface area contributed by atoms with E-state index in [1.54, 1.807) is 25.2 Å². The van der Waals surface area contributed by atoms with Crippen LogP contribution < -0.4 is 0 Å². The summed E-state index contributed by atoms with van der Waals surface area (Å²) in [6.45, 7) is 3.25. The van der Waals surface area contributed by atoms with Crippen molar-refractivity contribution in [2.24, 2.45) is 0 Å². The minimum atomic E-state index is 0.0141. The van der Waals surface area contributed by atoms with Gasteiger partial charge in [-0.25, -0.2) is 0 Å². The van der Waals surface area contributed by atoms with Crippen LogP contribution in [0.2, 0.25) is 0 Å². The predicted octanol–water partition coefficient (Wildman–Crippen LogP) is 2.15. The van der Waals surface area contributed by atoms with Crippen LogP contribution in [0.15, 0.2) is 36.1 Å². The lowest BCUT2D eigenvalue weighted by Gasteiger charge is -1.82. The first-order chi connectivity index (χ1) is 5.16. The summed E-state index contributed by atoms with van der Waals surface area (Å²) in [5.41, 5.74) is 0.748. The minimum absolute atomic E-state index is 0.0141. The van der Waals surface area contributed by atoms with Gasteiger partial charge in [-0.1, -0.05) is 18.2 Å².